The van der Waals surface area contributed by atoms with E-state index in [1.54, 1.807) is 0 Å². The predicted molar refractivity (Wildman–Crippen MR) is 31.1 cm³/mol. The van der Waals surface area contributed by atoms with Gasteiger partial charge in [-0.25, -0.2) is 0 Å². The van der Waals surface area contributed by atoms with Crippen molar-refractivity contribution in [3.63, 3.8) is 0 Å². The molecule has 0 aromatic rings. The van der Waals surface area contributed by atoms with Crippen LogP contribution in [0.3, 0.4) is 0 Å². The summed E-state index contributed by atoms with van der Waals surface area (Å²) in [5.74, 6) is 0. The fourth-order valence-electron chi connectivity index (χ4n) is 0.134. The Labute approximate surface area is 53.9 Å². The molecule has 0 rings (SSSR count). The number of rotatable bonds is 3. The van der Waals surface area contributed by atoms with Crippen molar-refractivity contribution >= 4 is 33.3 Å². The Kier molecular flexibility index (Phi) is 5.31. The van der Waals surface area contributed by atoms with Gasteiger partial charge in [-0.05, 0) is 0 Å². The monoisotopic (exact) mass is 162 g/mol. The number of hydrogen-bond donors (Lipinski definition) is 0. The van der Waals surface area contributed by atoms with Crippen molar-refractivity contribution in [3.8, 4) is 0 Å². The normalized spacial score (nSPS) is 12.0. The lowest BCUT2D eigenvalue weighted by atomic mass is 10.9. The maximum Gasteiger partial charge on any atom is 0.353 e. The van der Waals surface area contributed by atoms with E-state index in [9.17, 15) is 4.11 Å². The van der Waals surface area contributed by atoms with Crippen LogP contribution in [0.5, 0.6) is 0 Å². The van der Waals surface area contributed by atoms with Gasteiger partial charge in [-0.1, -0.05) is 0 Å². The van der Waals surface area contributed by atoms with Crippen molar-refractivity contribution in [3.05, 3.63) is 0 Å². The molecule has 0 aliphatic carbocycles. The third-order valence-corrected chi connectivity index (χ3v) is 0.963. The molecule has 0 radical (unpaired) electrons. The third kappa shape index (κ3) is 6.69. The fraction of sp³-hybridized carbons (Fsp3) is 1.00. The van der Waals surface area contributed by atoms with Crippen molar-refractivity contribution in [1.82, 2.24) is 0 Å². The average molecular weight is 163 g/mol. The summed E-state index contributed by atoms with van der Waals surface area (Å²) in [4.78, 5) is -0.580. The van der Waals surface area contributed by atoms with E-state index in [-0.39, 0.29) is 6.61 Å². The van der Waals surface area contributed by atoms with Crippen LogP contribution in [0.4, 0.5) is 4.11 Å². The fourth-order valence-corrected chi connectivity index (χ4v) is 0.935. The lowest BCUT2D eigenvalue weighted by Crippen LogP contribution is -2.02. The highest BCUT2D eigenvalue weighted by molar-refractivity contribution is 6.44. The van der Waals surface area contributed by atoms with Crippen LogP contribution in [0, 0.1) is 0 Å². The van der Waals surface area contributed by atoms with Gasteiger partial charge in [0.2, 0.25) is 0 Å². The lowest BCUT2D eigenvalue weighted by Gasteiger charge is -1.95. The van der Waals surface area contributed by atoms with Crippen molar-refractivity contribution in [2.24, 2.45) is 0 Å². The topological polar surface area (TPSA) is 9.23 Å². The number of hydrogen-bond acceptors (Lipinski definition) is 1. The maximum absolute atomic E-state index is 11.2. The molecule has 7 heavy (non-hydrogen) atoms. The minimum atomic E-state index is -1.80. The van der Waals surface area contributed by atoms with E-state index in [0.29, 0.717) is 0 Å². The van der Waals surface area contributed by atoms with Gasteiger partial charge in [-0.3, -0.25) is 4.11 Å². The molecule has 0 aliphatic heterocycles. The molecule has 0 aromatic heterocycles. The quantitative estimate of drug-likeness (QED) is 0.339. The van der Waals surface area contributed by atoms with Gasteiger partial charge in [0.25, 0.3) is 0 Å². The van der Waals surface area contributed by atoms with Gasteiger partial charge in [0.05, 0.1) is 6.61 Å². The van der Waals surface area contributed by atoms with Crippen LogP contribution in [0.2, 0.25) is 0 Å². The van der Waals surface area contributed by atoms with Crippen LogP contribution in [0.1, 0.15) is 0 Å². The Balaban J connectivity index is 2.68. The van der Waals surface area contributed by atoms with Crippen LogP contribution in [0.15, 0.2) is 0 Å². The summed E-state index contributed by atoms with van der Waals surface area (Å²) in [6.07, 6.45) is 0. The molecule has 0 saturated heterocycles. The Bertz CT molecular complexity index is 44.7. The van der Waals surface area contributed by atoms with Crippen LogP contribution < -0.4 is 0 Å². The Morgan fingerprint density at radius 2 is 2.29 bits per heavy atom. The molecular weight excluding hydrogens is 158 g/mol. The summed E-state index contributed by atoms with van der Waals surface area (Å²) in [5.41, 5.74) is 0. The summed E-state index contributed by atoms with van der Waals surface area (Å²) in [5, 5.41) is 0. The van der Waals surface area contributed by atoms with Gasteiger partial charge < -0.3 is 4.43 Å². The van der Waals surface area contributed by atoms with E-state index < -0.39 is 14.9 Å². The van der Waals surface area contributed by atoms with E-state index in [2.05, 4.69) is 4.43 Å². The molecule has 0 bridgehead atoms. The van der Waals surface area contributed by atoms with Gasteiger partial charge in [0.15, 0.2) is 0 Å². The molecule has 5 heteroatoms. The van der Waals surface area contributed by atoms with E-state index in [4.69, 9.17) is 23.2 Å². The largest absolute Gasteiger partial charge is 0.393 e. The predicted octanol–water partition coefficient (Wildman–Crippen LogP) is 0.775. The van der Waals surface area contributed by atoms with Gasteiger partial charge in [-0.15, -0.1) is 23.2 Å². The van der Waals surface area contributed by atoms with E-state index in [1.807, 2.05) is 0 Å². The first-order valence-corrected chi connectivity index (χ1v) is 3.67. The first-order valence-electron chi connectivity index (χ1n) is 1.69. The van der Waals surface area contributed by atoms with Crippen molar-refractivity contribution in [1.29, 1.82) is 0 Å². The lowest BCUT2D eigenvalue weighted by molar-refractivity contribution is 0.328. The van der Waals surface area contributed by atoms with Crippen molar-refractivity contribution < 1.29 is 8.53 Å². The number of alkyl halides is 2. The second kappa shape index (κ2) is 4.84. The molecule has 0 aromatic carbocycles. The standard InChI is InChI=1S/C2H5Cl2FOSi/c3-2(4)1-6-7-5/h2H,1,7H2. The smallest absolute Gasteiger partial charge is 0.353 e. The van der Waals surface area contributed by atoms with E-state index >= 15 is 0 Å². The molecule has 0 heterocycles. The second-order valence-electron chi connectivity index (χ2n) is 0.871. The molecular formula is C2H5Cl2FOSi. The first-order chi connectivity index (χ1) is 3.27. The zero-order valence-corrected chi connectivity index (χ0v) is 6.46. The van der Waals surface area contributed by atoms with Gasteiger partial charge >= 0.3 is 10.1 Å². The highest BCUT2D eigenvalue weighted by Gasteiger charge is 1.95. The Hall–Kier alpha value is 0.687. The second-order valence-corrected chi connectivity index (χ2v) is 2.77. The molecule has 0 amide bonds. The highest BCUT2D eigenvalue weighted by atomic mass is 35.5. The van der Waals surface area contributed by atoms with Crippen molar-refractivity contribution in [2.75, 3.05) is 6.61 Å². The Morgan fingerprint density at radius 1 is 1.71 bits per heavy atom. The Morgan fingerprint density at radius 3 is 2.43 bits per heavy atom. The van der Waals surface area contributed by atoms with Crippen LogP contribution in [-0.2, 0) is 4.43 Å². The first kappa shape index (κ1) is 7.69. The molecule has 0 N–H and O–H groups in total. The van der Waals surface area contributed by atoms with Gasteiger partial charge in [0.1, 0.15) is 4.84 Å². The minimum absolute atomic E-state index is 0.117. The summed E-state index contributed by atoms with van der Waals surface area (Å²) in [6.45, 7) is 0.117. The summed E-state index contributed by atoms with van der Waals surface area (Å²) < 4.78 is 15.5. The van der Waals surface area contributed by atoms with E-state index in [0.717, 1.165) is 0 Å². The minimum Gasteiger partial charge on any atom is -0.393 e. The zero-order chi connectivity index (χ0) is 5.70. The molecule has 44 valence electrons. The third-order valence-electron chi connectivity index (χ3n) is 0.321. The molecule has 0 atom stereocenters. The summed E-state index contributed by atoms with van der Waals surface area (Å²) >= 11 is 10.3. The summed E-state index contributed by atoms with van der Waals surface area (Å²) in [6, 6.07) is 0. The molecule has 0 spiro atoms. The molecule has 0 aliphatic rings. The zero-order valence-electron chi connectivity index (χ0n) is 3.53. The van der Waals surface area contributed by atoms with Crippen molar-refractivity contribution in [2.45, 2.75) is 4.84 Å². The average Bonchev–Trinajstić information content (AvgIpc) is 1.61. The highest BCUT2D eigenvalue weighted by Crippen LogP contribution is 1.99. The molecule has 0 saturated carbocycles. The molecule has 0 unspecified atom stereocenters. The van der Waals surface area contributed by atoms with Crippen LogP contribution in [0.25, 0.3) is 0 Å². The summed E-state index contributed by atoms with van der Waals surface area (Å²) in [7, 11) is -1.80. The molecule has 1 nitrogen and oxygen atoms in total. The van der Waals surface area contributed by atoms with Crippen LogP contribution in [-0.4, -0.2) is 21.5 Å². The number of halogens is 3. The van der Waals surface area contributed by atoms with Gasteiger partial charge in [-0.2, -0.15) is 0 Å². The SMILES string of the molecule is F[SiH2]OCC(Cl)Cl. The van der Waals surface area contributed by atoms with Gasteiger partial charge in [0, 0.05) is 0 Å². The maximum atomic E-state index is 11.2. The van der Waals surface area contributed by atoms with Crippen LogP contribution >= 0.6 is 23.2 Å². The molecule has 0 fully saturated rings. The van der Waals surface area contributed by atoms with E-state index in [1.165, 1.54) is 0 Å².